The molecule has 0 bridgehead atoms. The number of ether oxygens (including phenoxy) is 1. The van der Waals surface area contributed by atoms with Crippen LogP contribution in [0, 0.1) is 5.41 Å². The van der Waals surface area contributed by atoms with Gasteiger partial charge in [-0.05, 0) is 12.5 Å². The average Bonchev–Trinajstić information content (AvgIpc) is 2.00. The highest BCUT2D eigenvalue weighted by atomic mass is 16.5. The van der Waals surface area contributed by atoms with E-state index in [4.69, 9.17) is 4.74 Å². The second kappa shape index (κ2) is 5.14. The van der Waals surface area contributed by atoms with Gasteiger partial charge >= 0.3 is 5.97 Å². The molecule has 0 aliphatic rings. The normalized spacial score (nSPS) is 11.3. The van der Waals surface area contributed by atoms with Gasteiger partial charge in [-0.15, -0.1) is 0 Å². The summed E-state index contributed by atoms with van der Waals surface area (Å²) >= 11 is 0. The summed E-state index contributed by atoms with van der Waals surface area (Å²) in [6.45, 7) is 6.51. The van der Waals surface area contributed by atoms with E-state index in [1.165, 1.54) is 0 Å². The number of rotatable bonds is 5. The zero-order valence-electron chi connectivity index (χ0n) is 8.44. The van der Waals surface area contributed by atoms with Gasteiger partial charge < -0.3 is 4.74 Å². The number of hydrogen-bond acceptors (Lipinski definition) is 3. The van der Waals surface area contributed by atoms with Gasteiger partial charge in [-0.1, -0.05) is 27.2 Å². The van der Waals surface area contributed by atoms with E-state index in [1.54, 1.807) is 7.05 Å². The van der Waals surface area contributed by atoms with Crippen LogP contribution in [0.1, 0.15) is 33.6 Å². The van der Waals surface area contributed by atoms with Crippen molar-refractivity contribution in [3.05, 3.63) is 0 Å². The minimum absolute atomic E-state index is 0.0603. The predicted octanol–water partition coefficient (Wildman–Crippen LogP) is 1.53. The third-order valence-corrected chi connectivity index (χ3v) is 1.96. The van der Waals surface area contributed by atoms with Crippen molar-refractivity contribution >= 4 is 5.97 Å². The maximum absolute atomic E-state index is 11.1. The fourth-order valence-electron chi connectivity index (χ4n) is 0.719. The topological polar surface area (TPSA) is 38.3 Å². The number of nitrogens with one attached hydrogen (secondary N) is 1. The summed E-state index contributed by atoms with van der Waals surface area (Å²) in [5.74, 6) is -0.129. The Morgan fingerprint density at radius 1 is 1.50 bits per heavy atom. The lowest BCUT2D eigenvalue weighted by Crippen LogP contribution is -2.22. The van der Waals surface area contributed by atoms with Gasteiger partial charge in [0.1, 0.15) is 6.73 Å². The number of carbonyl (C=O) groups excluding carboxylic acids is 1. The molecule has 0 aliphatic heterocycles. The van der Waals surface area contributed by atoms with E-state index >= 15 is 0 Å². The second-order valence-corrected chi connectivity index (χ2v) is 3.71. The maximum atomic E-state index is 11.1. The van der Waals surface area contributed by atoms with Crippen LogP contribution in [0.5, 0.6) is 0 Å². The van der Waals surface area contributed by atoms with Gasteiger partial charge in [-0.3, -0.25) is 10.1 Å². The third-order valence-electron chi connectivity index (χ3n) is 1.96. The van der Waals surface area contributed by atoms with Crippen LogP contribution in [0.3, 0.4) is 0 Å². The summed E-state index contributed by atoms with van der Waals surface area (Å²) in [4.78, 5) is 11.1. The van der Waals surface area contributed by atoms with E-state index in [9.17, 15) is 4.79 Å². The Balaban J connectivity index is 3.68. The fourth-order valence-corrected chi connectivity index (χ4v) is 0.719. The molecule has 0 radical (unpaired) electrons. The van der Waals surface area contributed by atoms with Crippen LogP contribution in [0.4, 0.5) is 0 Å². The molecule has 0 fully saturated rings. The highest BCUT2D eigenvalue weighted by molar-refractivity contribution is 5.70. The molecular formula is C9H19NO2. The van der Waals surface area contributed by atoms with E-state index in [-0.39, 0.29) is 11.4 Å². The molecule has 3 heteroatoms. The molecule has 0 saturated carbocycles. The molecular weight excluding hydrogens is 154 g/mol. The molecule has 12 heavy (non-hydrogen) atoms. The number of carbonyl (C=O) groups is 1. The quantitative estimate of drug-likeness (QED) is 0.506. The van der Waals surface area contributed by atoms with Gasteiger partial charge in [-0.25, -0.2) is 0 Å². The van der Waals surface area contributed by atoms with Crippen LogP contribution in [0.25, 0.3) is 0 Å². The SMILES string of the molecule is CCC(C)(C)CC(=O)OCNC. The molecule has 0 aromatic carbocycles. The number of hydrogen-bond donors (Lipinski definition) is 1. The van der Waals surface area contributed by atoms with Crippen LogP contribution in [-0.2, 0) is 9.53 Å². The fraction of sp³-hybridized carbons (Fsp3) is 0.889. The van der Waals surface area contributed by atoms with E-state index < -0.39 is 0 Å². The van der Waals surface area contributed by atoms with Crippen molar-refractivity contribution < 1.29 is 9.53 Å². The summed E-state index contributed by atoms with van der Waals surface area (Å²) < 4.78 is 4.88. The highest BCUT2D eigenvalue weighted by Gasteiger charge is 2.20. The van der Waals surface area contributed by atoms with E-state index in [2.05, 4.69) is 26.1 Å². The lowest BCUT2D eigenvalue weighted by atomic mass is 9.87. The maximum Gasteiger partial charge on any atom is 0.307 e. The summed E-state index contributed by atoms with van der Waals surface area (Å²) in [6.07, 6.45) is 1.48. The largest absolute Gasteiger partial charge is 0.450 e. The first-order valence-electron chi connectivity index (χ1n) is 4.32. The van der Waals surface area contributed by atoms with Crippen LogP contribution >= 0.6 is 0 Å². The number of esters is 1. The van der Waals surface area contributed by atoms with Crippen molar-refractivity contribution in [2.75, 3.05) is 13.8 Å². The molecule has 0 aromatic rings. The Morgan fingerprint density at radius 3 is 2.50 bits per heavy atom. The molecule has 0 atom stereocenters. The molecule has 0 spiro atoms. The van der Waals surface area contributed by atoms with Gasteiger partial charge in [0.15, 0.2) is 0 Å². The minimum Gasteiger partial charge on any atom is -0.450 e. The highest BCUT2D eigenvalue weighted by Crippen LogP contribution is 2.24. The Bertz CT molecular complexity index is 143. The van der Waals surface area contributed by atoms with Gasteiger partial charge in [0.2, 0.25) is 0 Å². The van der Waals surface area contributed by atoms with Crippen LogP contribution in [0.15, 0.2) is 0 Å². The van der Waals surface area contributed by atoms with Crippen molar-refractivity contribution in [1.29, 1.82) is 0 Å². The van der Waals surface area contributed by atoms with Gasteiger partial charge in [0, 0.05) is 0 Å². The van der Waals surface area contributed by atoms with Crippen molar-refractivity contribution in [2.45, 2.75) is 33.6 Å². The van der Waals surface area contributed by atoms with Gasteiger partial charge in [0.05, 0.1) is 6.42 Å². The standard InChI is InChI=1S/C9H19NO2/c1-5-9(2,3)6-8(11)12-7-10-4/h10H,5-7H2,1-4H3. The molecule has 0 aromatic heterocycles. The summed E-state index contributed by atoms with van der Waals surface area (Å²) in [7, 11) is 1.75. The first kappa shape index (κ1) is 11.4. The third kappa shape index (κ3) is 5.13. The van der Waals surface area contributed by atoms with E-state index in [0.717, 1.165) is 6.42 Å². The lowest BCUT2D eigenvalue weighted by molar-refractivity contribution is -0.146. The molecule has 3 nitrogen and oxygen atoms in total. The lowest BCUT2D eigenvalue weighted by Gasteiger charge is -2.20. The van der Waals surface area contributed by atoms with Gasteiger partial charge in [-0.2, -0.15) is 0 Å². The first-order valence-corrected chi connectivity index (χ1v) is 4.32. The molecule has 72 valence electrons. The van der Waals surface area contributed by atoms with Gasteiger partial charge in [0.25, 0.3) is 0 Å². The van der Waals surface area contributed by atoms with Crippen LogP contribution in [-0.4, -0.2) is 19.7 Å². The molecule has 0 heterocycles. The van der Waals surface area contributed by atoms with Crippen molar-refractivity contribution in [3.8, 4) is 0 Å². The smallest absolute Gasteiger partial charge is 0.307 e. The summed E-state index contributed by atoms with van der Waals surface area (Å²) in [5, 5.41) is 2.76. The van der Waals surface area contributed by atoms with Crippen molar-refractivity contribution in [2.24, 2.45) is 5.41 Å². The Hall–Kier alpha value is -0.570. The van der Waals surface area contributed by atoms with Crippen molar-refractivity contribution in [1.82, 2.24) is 5.32 Å². The molecule has 1 N–H and O–H groups in total. The van der Waals surface area contributed by atoms with E-state index in [0.29, 0.717) is 13.2 Å². The molecule has 0 unspecified atom stereocenters. The van der Waals surface area contributed by atoms with Crippen LogP contribution < -0.4 is 5.32 Å². The predicted molar refractivity (Wildman–Crippen MR) is 48.7 cm³/mol. The Labute approximate surface area is 74.5 Å². The average molecular weight is 173 g/mol. The second-order valence-electron chi connectivity index (χ2n) is 3.71. The van der Waals surface area contributed by atoms with Crippen molar-refractivity contribution in [3.63, 3.8) is 0 Å². The Morgan fingerprint density at radius 2 is 2.08 bits per heavy atom. The monoisotopic (exact) mass is 173 g/mol. The molecule has 0 saturated heterocycles. The first-order chi connectivity index (χ1) is 5.52. The summed E-state index contributed by atoms with van der Waals surface area (Å²) in [6, 6.07) is 0. The molecule has 0 amide bonds. The van der Waals surface area contributed by atoms with E-state index in [1.807, 2.05) is 0 Å². The Kier molecular flexibility index (Phi) is 4.90. The van der Waals surface area contributed by atoms with Crippen LogP contribution in [0.2, 0.25) is 0 Å². The minimum atomic E-state index is -0.129. The summed E-state index contributed by atoms with van der Waals surface area (Å²) in [5.41, 5.74) is 0.0603. The zero-order valence-corrected chi connectivity index (χ0v) is 8.44. The zero-order chi connectivity index (χ0) is 9.61. The molecule has 0 aliphatic carbocycles. The molecule has 0 rings (SSSR count).